The van der Waals surface area contributed by atoms with Gasteiger partial charge in [-0.2, -0.15) is 5.10 Å². The monoisotopic (exact) mass is 372 g/mol. The van der Waals surface area contributed by atoms with E-state index in [1.807, 2.05) is 61.7 Å². The number of rotatable bonds is 5. The number of aromatic nitrogens is 3. The smallest absolute Gasteiger partial charge is 0.221 e. The predicted octanol–water partition coefficient (Wildman–Crippen LogP) is 3.43. The van der Waals surface area contributed by atoms with E-state index in [-0.39, 0.29) is 12.3 Å². The molecule has 0 bridgehead atoms. The maximum absolute atomic E-state index is 11.2. The van der Waals surface area contributed by atoms with E-state index >= 15 is 0 Å². The van der Waals surface area contributed by atoms with E-state index in [9.17, 15) is 4.79 Å². The van der Waals surface area contributed by atoms with Crippen molar-refractivity contribution in [2.24, 2.45) is 5.73 Å². The molecule has 0 radical (unpaired) electrons. The van der Waals surface area contributed by atoms with E-state index < -0.39 is 0 Å². The Kier molecular flexibility index (Phi) is 4.53. The molecule has 4 rings (SSSR count). The largest absolute Gasteiger partial charge is 0.494 e. The Labute approximate surface area is 162 Å². The molecule has 4 aromatic rings. The number of nitrogens with zero attached hydrogens (tertiary/aromatic N) is 3. The standard InChI is InChI=1S/C22H20N4O2/c1-14-9-19(25-18-8-7-15(10-17(14)18)11-22(23)27)16-12-24-26(13-16)20-5-3-4-6-21(20)28-2/h3-10,12-13H,11H2,1-2H3,(H2,23,27). The number of methoxy groups -OCH3 is 1. The second kappa shape index (κ2) is 7.15. The van der Waals surface area contributed by atoms with Gasteiger partial charge in [0.2, 0.25) is 5.91 Å². The highest BCUT2D eigenvalue weighted by molar-refractivity contribution is 5.87. The first-order valence-corrected chi connectivity index (χ1v) is 8.92. The molecule has 6 heteroatoms. The molecule has 2 aromatic carbocycles. The number of nitrogens with two attached hydrogens (primary N) is 1. The van der Waals surface area contributed by atoms with Crippen LogP contribution in [0.15, 0.2) is 60.9 Å². The molecule has 0 aliphatic carbocycles. The molecule has 2 aromatic heterocycles. The lowest BCUT2D eigenvalue weighted by Gasteiger charge is -2.08. The summed E-state index contributed by atoms with van der Waals surface area (Å²) < 4.78 is 7.20. The van der Waals surface area contributed by atoms with Crippen LogP contribution in [0.4, 0.5) is 0 Å². The van der Waals surface area contributed by atoms with Gasteiger partial charge in [-0.15, -0.1) is 0 Å². The first kappa shape index (κ1) is 17.7. The average molecular weight is 372 g/mol. The number of carbonyl (C=O) groups excluding carboxylic acids is 1. The fraction of sp³-hybridized carbons (Fsp3) is 0.136. The summed E-state index contributed by atoms with van der Waals surface area (Å²) in [7, 11) is 1.64. The van der Waals surface area contributed by atoms with E-state index in [4.69, 9.17) is 15.5 Å². The van der Waals surface area contributed by atoms with Crippen molar-refractivity contribution in [2.75, 3.05) is 7.11 Å². The van der Waals surface area contributed by atoms with Gasteiger partial charge in [0.25, 0.3) is 0 Å². The van der Waals surface area contributed by atoms with Gasteiger partial charge in [0.15, 0.2) is 0 Å². The van der Waals surface area contributed by atoms with Crippen molar-refractivity contribution < 1.29 is 9.53 Å². The summed E-state index contributed by atoms with van der Waals surface area (Å²) in [4.78, 5) is 16.0. The van der Waals surface area contributed by atoms with Crippen molar-refractivity contribution in [3.8, 4) is 22.7 Å². The second-order valence-electron chi connectivity index (χ2n) is 6.66. The van der Waals surface area contributed by atoms with Crippen molar-refractivity contribution in [2.45, 2.75) is 13.3 Å². The van der Waals surface area contributed by atoms with Crippen molar-refractivity contribution >= 4 is 16.8 Å². The molecule has 0 saturated heterocycles. The van der Waals surface area contributed by atoms with Crippen molar-refractivity contribution in [3.05, 3.63) is 72.1 Å². The van der Waals surface area contributed by atoms with Crippen LogP contribution >= 0.6 is 0 Å². The topological polar surface area (TPSA) is 83.0 Å². The summed E-state index contributed by atoms with van der Waals surface area (Å²) >= 11 is 0. The van der Waals surface area contributed by atoms with Gasteiger partial charge in [0.1, 0.15) is 11.4 Å². The SMILES string of the molecule is COc1ccccc1-n1cc(-c2cc(C)c3cc(CC(N)=O)ccc3n2)cn1. The van der Waals surface area contributed by atoms with Crippen molar-refractivity contribution in [1.82, 2.24) is 14.8 Å². The number of hydrogen-bond acceptors (Lipinski definition) is 4. The number of aryl methyl sites for hydroxylation is 1. The van der Waals surface area contributed by atoms with E-state index in [0.29, 0.717) is 0 Å². The predicted molar refractivity (Wildman–Crippen MR) is 108 cm³/mol. The molecule has 6 nitrogen and oxygen atoms in total. The Morgan fingerprint density at radius 2 is 2.00 bits per heavy atom. The van der Waals surface area contributed by atoms with Gasteiger partial charge in [-0.1, -0.05) is 18.2 Å². The molecule has 0 spiro atoms. The lowest BCUT2D eigenvalue weighted by molar-refractivity contribution is -0.117. The fourth-order valence-electron chi connectivity index (χ4n) is 3.31. The number of amides is 1. The molecular weight excluding hydrogens is 352 g/mol. The highest BCUT2D eigenvalue weighted by atomic mass is 16.5. The molecule has 0 aliphatic heterocycles. The number of benzene rings is 2. The summed E-state index contributed by atoms with van der Waals surface area (Å²) in [5, 5.41) is 5.49. The normalized spacial score (nSPS) is 10.9. The van der Waals surface area contributed by atoms with E-state index in [0.717, 1.165) is 44.7 Å². The van der Waals surface area contributed by atoms with Crippen LogP contribution in [0.1, 0.15) is 11.1 Å². The molecule has 0 unspecified atom stereocenters. The number of hydrogen-bond donors (Lipinski definition) is 1. The Morgan fingerprint density at radius 1 is 1.18 bits per heavy atom. The van der Waals surface area contributed by atoms with Gasteiger partial charge < -0.3 is 10.5 Å². The Bertz CT molecular complexity index is 1180. The molecule has 140 valence electrons. The minimum Gasteiger partial charge on any atom is -0.494 e. The van der Waals surface area contributed by atoms with Gasteiger partial charge in [-0.25, -0.2) is 9.67 Å². The highest BCUT2D eigenvalue weighted by Gasteiger charge is 2.11. The molecule has 0 aliphatic rings. The third-order valence-corrected chi connectivity index (χ3v) is 4.67. The maximum atomic E-state index is 11.2. The summed E-state index contributed by atoms with van der Waals surface area (Å²) in [5.74, 6) is 0.409. The van der Waals surface area contributed by atoms with Crippen LogP contribution in [0.25, 0.3) is 27.8 Å². The zero-order valence-corrected chi connectivity index (χ0v) is 15.7. The number of pyridine rings is 1. The summed E-state index contributed by atoms with van der Waals surface area (Å²) in [6.45, 7) is 2.03. The lowest BCUT2D eigenvalue weighted by Crippen LogP contribution is -2.13. The molecule has 0 atom stereocenters. The third kappa shape index (κ3) is 3.32. The van der Waals surface area contributed by atoms with Crippen LogP contribution in [0, 0.1) is 6.92 Å². The quantitative estimate of drug-likeness (QED) is 0.582. The average Bonchev–Trinajstić information content (AvgIpc) is 3.18. The van der Waals surface area contributed by atoms with Crippen LogP contribution in [0.2, 0.25) is 0 Å². The molecule has 0 saturated carbocycles. The minimum atomic E-state index is -0.342. The Hall–Kier alpha value is -3.67. The third-order valence-electron chi connectivity index (χ3n) is 4.67. The Balaban J connectivity index is 1.74. The van der Waals surface area contributed by atoms with Crippen LogP contribution < -0.4 is 10.5 Å². The van der Waals surface area contributed by atoms with E-state index in [1.165, 1.54) is 0 Å². The minimum absolute atomic E-state index is 0.225. The first-order chi connectivity index (χ1) is 13.5. The summed E-state index contributed by atoms with van der Waals surface area (Å²) in [6.07, 6.45) is 3.96. The first-order valence-electron chi connectivity index (χ1n) is 8.92. The fourth-order valence-corrected chi connectivity index (χ4v) is 3.31. The molecular formula is C22H20N4O2. The Morgan fingerprint density at radius 3 is 2.79 bits per heavy atom. The number of primary amides is 1. The summed E-state index contributed by atoms with van der Waals surface area (Å²) in [6, 6.07) is 15.5. The highest BCUT2D eigenvalue weighted by Crippen LogP contribution is 2.27. The maximum Gasteiger partial charge on any atom is 0.221 e. The molecule has 2 N–H and O–H groups in total. The zero-order chi connectivity index (χ0) is 19.7. The van der Waals surface area contributed by atoms with Gasteiger partial charge in [-0.3, -0.25) is 4.79 Å². The number of carbonyl (C=O) groups is 1. The summed E-state index contributed by atoms with van der Waals surface area (Å²) in [5.41, 5.74) is 10.8. The number of ether oxygens (including phenoxy) is 1. The molecule has 1 amide bonds. The molecule has 28 heavy (non-hydrogen) atoms. The van der Waals surface area contributed by atoms with Gasteiger partial charge in [0, 0.05) is 17.1 Å². The number of para-hydroxylation sites is 2. The zero-order valence-electron chi connectivity index (χ0n) is 15.7. The second-order valence-corrected chi connectivity index (χ2v) is 6.66. The van der Waals surface area contributed by atoms with Gasteiger partial charge in [-0.05, 0) is 48.4 Å². The lowest BCUT2D eigenvalue weighted by atomic mass is 10.0. The van der Waals surface area contributed by atoms with Crippen LogP contribution in [0.5, 0.6) is 5.75 Å². The number of fused-ring (bicyclic) bond motifs is 1. The van der Waals surface area contributed by atoms with Gasteiger partial charge in [0.05, 0.1) is 30.9 Å². The molecule has 0 fully saturated rings. The van der Waals surface area contributed by atoms with Crippen LogP contribution in [-0.2, 0) is 11.2 Å². The van der Waals surface area contributed by atoms with E-state index in [2.05, 4.69) is 5.10 Å². The van der Waals surface area contributed by atoms with E-state index in [1.54, 1.807) is 18.0 Å². The van der Waals surface area contributed by atoms with Gasteiger partial charge >= 0.3 is 0 Å². The van der Waals surface area contributed by atoms with Crippen LogP contribution in [0.3, 0.4) is 0 Å². The van der Waals surface area contributed by atoms with Crippen molar-refractivity contribution in [1.29, 1.82) is 0 Å². The van der Waals surface area contributed by atoms with Crippen LogP contribution in [-0.4, -0.2) is 27.8 Å². The molecule has 2 heterocycles. The van der Waals surface area contributed by atoms with Crippen molar-refractivity contribution in [3.63, 3.8) is 0 Å².